The molecule has 116 valence electrons. The minimum atomic E-state index is -3.37. The molecular formula is C15H17N3O2S2. The van der Waals surface area contributed by atoms with Gasteiger partial charge in [-0.15, -0.1) is 11.3 Å². The molecule has 22 heavy (non-hydrogen) atoms. The Kier molecular flexibility index (Phi) is 4.28. The predicted octanol–water partition coefficient (Wildman–Crippen LogP) is 2.77. The van der Waals surface area contributed by atoms with E-state index < -0.39 is 10.0 Å². The minimum Gasteiger partial charge on any atom is -0.265 e. The number of rotatable bonds is 6. The van der Waals surface area contributed by atoms with Gasteiger partial charge in [0.1, 0.15) is 4.21 Å². The summed E-state index contributed by atoms with van der Waals surface area (Å²) in [7, 11) is -3.37. The molecule has 1 aromatic carbocycles. The van der Waals surface area contributed by atoms with Crippen molar-refractivity contribution in [3.8, 4) is 0 Å². The second-order valence-corrected chi connectivity index (χ2v) is 8.00. The number of nitrogens with one attached hydrogen (secondary N) is 1. The standard InChI is InChI=1S/C15H17N3O2S2/c1-12-5-2-6-14-13(12)11-16-18(14)9-4-8-17-22(19,20)15-7-3-10-21-15/h2-3,5-7,10-11,17H,4,8-9H2,1H3. The third-order valence-electron chi connectivity index (χ3n) is 3.50. The Morgan fingerprint density at radius 2 is 2.14 bits per heavy atom. The van der Waals surface area contributed by atoms with Crippen LogP contribution in [0.25, 0.3) is 10.9 Å². The SMILES string of the molecule is Cc1cccc2c1cnn2CCCNS(=O)(=O)c1cccs1. The lowest BCUT2D eigenvalue weighted by atomic mass is 10.1. The van der Waals surface area contributed by atoms with Gasteiger partial charge in [0.05, 0.1) is 11.7 Å². The molecule has 0 saturated heterocycles. The molecule has 2 aromatic heterocycles. The van der Waals surface area contributed by atoms with Gasteiger partial charge in [-0.1, -0.05) is 18.2 Å². The molecule has 0 aliphatic rings. The maximum absolute atomic E-state index is 12.0. The summed E-state index contributed by atoms with van der Waals surface area (Å²) in [5, 5.41) is 7.28. The van der Waals surface area contributed by atoms with Crippen molar-refractivity contribution in [1.29, 1.82) is 0 Å². The Morgan fingerprint density at radius 1 is 1.27 bits per heavy atom. The fourth-order valence-corrected chi connectivity index (χ4v) is 4.46. The number of fused-ring (bicyclic) bond motifs is 1. The number of aryl methyl sites for hydroxylation is 2. The van der Waals surface area contributed by atoms with E-state index in [4.69, 9.17) is 0 Å². The second kappa shape index (κ2) is 6.20. The molecule has 0 unspecified atom stereocenters. The van der Waals surface area contributed by atoms with Crippen LogP contribution in [0.1, 0.15) is 12.0 Å². The van der Waals surface area contributed by atoms with E-state index in [0.29, 0.717) is 23.7 Å². The first-order chi connectivity index (χ1) is 10.6. The first-order valence-electron chi connectivity index (χ1n) is 7.02. The second-order valence-electron chi connectivity index (χ2n) is 5.06. The zero-order valence-electron chi connectivity index (χ0n) is 12.2. The molecule has 0 aliphatic carbocycles. The number of benzene rings is 1. The Balaban J connectivity index is 1.60. The molecule has 0 amide bonds. The van der Waals surface area contributed by atoms with E-state index in [1.807, 2.05) is 23.0 Å². The van der Waals surface area contributed by atoms with Crippen LogP contribution < -0.4 is 4.72 Å². The normalized spacial score (nSPS) is 12.0. The highest BCUT2D eigenvalue weighted by molar-refractivity contribution is 7.91. The van der Waals surface area contributed by atoms with E-state index in [1.165, 1.54) is 16.9 Å². The van der Waals surface area contributed by atoms with Crippen LogP contribution >= 0.6 is 11.3 Å². The van der Waals surface area contributed by atoms with Crippen LogP contribution in [-0.2, 0) is 16.6 Å². The molecule has 7 heteroatoms. The highest BCUT2D eigenvalue weighted by atomic mass is 32.2. The van der Waals surface area contributed by atoms with Crippen molar-refractivity contribution >= 4 is 32.3 Å². The quantitative estimate of drug-likeness (QED) is 0.705. The number of hydrogen-bond donors (Lipinski definition) is 1. The molecule has 1 N–H and O–H groups in total. The summed E-state index contributed by atoms with van der Waals surface area (Å²) in [4.78, 5) is 0. The highest BCUT2D eigenvalue weighted by Crippen LogP contribution is 2.18. The van der Waals surface area contributed by atoms with Crippen LogP contribution in [-0.4, -0.2) is 24.7 Å². The van der Waals surface area contributed by atoms with Crippen LogP contribution in [0.2, 0.25) is 0 Å². The summed E-state index contributed by atoms with van der Waals surface area (Å²) in [6, 6.07) is 9.44. The summed E-state index contributed by atoms with van der Waals surface area (Å²) in [5.74, 6) is 0. The van der Waals surface area contributed by atoms with E-state index in [2.05, 4.69) is 22.8 Å². The van der Waals surface area contributed by atoms with Gasteiger partial charge in [-0.3, -0.25) is 4.68 Å². The van der Waals surface area contributed by atoms with Gasteiger partial charge in [-0.25, -0.2) is 13.1 Å². The molecule has 0 radical (unpaired) electrons. The van der Waals surface area contributed by atoms with Crippen LogP contribution in [0.5, 0.6) is 0 Å². The van der Waals surface area contributed by atoms with Crippen molar-refractivity contribution in [3.63, 3.8) is 0 Å². The first-order valence-corrected chi connectivity index (χ1v) is 9.38. The lowest BCUT2D eigenvalue weighted by molar-refractivity contribution is 0.561. The molecule has 0 saturated carbocycles. The van der Waals surface area contributed by atoms with E-state index in [0.717, 1.165) is 10.9 Å². The van der Waals surface area contributed by atoms with Crippen molar-refractivity contribution in [1.82, 2.24) is 14.5 Å². The number of sulfonamides is 1. The van der Waals surface area contributed by atoms with E-state index >= 15 is 0 Å². The molecule has 0 aliphatic heterocycles. The van der Waals surface area contributed by atoms with Gasteiger partial charge >= 0.3 is 0 Å². The van der Waals surface area contributed by atoms with E-state index in [1.54, 1.807) is 17.5 Å². The Bertz CT molecular complexity index is 867. The van der Waals surface area contributed by atoms with Crippen LogP contribution in [0, 0.1) is 6.92 Å². The minimum absolute atomic E-state index is 0.354. The van der Waals surface area contributed by atoms with Gasteiger partial charge < -0.3 is 0 Å². The van der Waals surface area contributed by atoms with Gasteiger partial charge in [0.25, 0.3) is 0 Å². The van der Waals surface area contributed by atoms with Gasteiger partial charge in [0.15, 0.2) is 0 Å². The van der Waals surface area contributed by atoms with Crippen LogP contribution in [0.3, 0.4) is 0 Å². The zero-order chi connectivity index (χ0) is 15.6. The maximum Gasteiger partial charge on any atom is 0.250 e. The summed E-state index contributed by atoms with van der Waals surface area (Å²) in [5.41, 5.74) is 2.28. The van der Waals surface area contributed by atoms with Gasteiger partial charge in [0, 0.05) is 18.5 Å². The lowest BCUT2D eigenvalue weighted by Gasteiger charge is -2.06. The Hall–Kier alpha value is -1.70. The monoisotopic (exact) mass is 335 g/mol. The van der Waals surface area contributed by atoms with E-state index in [9.17, 15) is 8.42 Å². The molecule has 5 nitrogen and oxygen atoms in total. The molecule has 0 fully saturated rings. The maximum atomic E-state index is 12.0. The third kappa shape index (κ3) is 3.06. The molecule has 3 aromatic rings. The summed E-state index contributed by atoms with van der Waals surface area (Å²) in [6.07, 6.45) is 2.55. The Labute approximate surface area is 133 Å². The molecule has 0 atom stereocenters. The predicted molar refractivity (Wildman–Crippen MR) is 88.6 cm³/mol. The number of hydrogen-bond acceptors (Lipinski definition) is 4. The largest absolute Gasteiger partial charge is 0.265 e. The van der Waals surface area contributed by atoms with Crippen molar-refractivity contribution in [2.75, 3.05) is 6.54 Å². The fraction of sp³-hybridized carbons (Fsp3) is 0.267. The summed E-state index contributed by atoms with van der Waals surface area (Å²) >= 11 is 1.22. The summed E-state index contributed by atoms with van der Waals surface area (Å²) in [6.45, 7) is 3.14. The van der Waals surface area contributed by atoms with Gasteiger partial charge in [-0.05, 0) is 36.4 Å². The topological polar surface area (TPSA) is 64.0 Å². The first kappa shape index (κ1) is 15.2. The lowest BCUT2D eigenvalue weighted by Crippen LogP contribution is -2.24. The van der Waals surface area contributed by atoms with Crippen LogP contribution in [0.15, 0.2) is 46.1 Å². The Morgan fingerprint density at radius 3 is 2.91 bits per heavy atom. The highest BCUT2D eigenvalue weighted by Gasteiger charge is 2.13. The zero-order valence-corrected chi connectivity index (χ0v) is 13.8. The molecule has 3 rings (SSSR count). The smallest absolute Gasteiger partial charge is 0.250 e. The molecule has 2 heterocycles. The van der Waals surface area contributed by atoms with Crippen molar-refractivity contribution in [3.05, 3.63) is 47.5 Å². The van der Waals surface area contributed by atoms with Crippen molar-refractivity contribution in [2.24, 2.45) is 0 Å². The molecule has 0 bridgehead atoms. The van der Waals surface area contributed by atoms with Crippen molar-refractivity contribution in [2.45, 2.75) is 24.1 Å². The fourth-order valence-electron chi connectivity index (χ4n) is 2.35. The third-order valence-corrected chi connectivity index (χ3v) is 6.36. The molecular weight excluding hydrogens is 318 g/mol. The van der Waals surface area contributed by atoms with Crippen LogP contribution in [0.4, 0.5) is 0 Å². The van der Waals surface area contributed by atoms with Crippen molar-refractivity contribution < 1.29 is 8.42 Å². The number of thiophene rings is 1. The molecule has 0 spiro atoms. The summed E-state index contributed by atoms with van der Waals surface area (Å²) < 4.78 is 28.9. The number of nitrogens with zero attached hydrogens (tertiary/aromatic N) is 2. The average molecular weight is 335 g/mol. The average Bonchev–Trinajstić information content (AvgIpc) is 3.14. The van der Waals surface area contributed by atoms with Gasteiger partial charge in [0.2, 0.25) is 10.0 Å². The number of aromatic nitrogens is 2. The van der Waals surface area contributed by atoms with E-state index in [-0.39, 0.29) is 0 Å². The van der Waals surface area contributed by atoms with Gasteiger partial charge in [-0.2, -0.15) is 5.10 Å².